The van der Waals surface area contributed by atoms with Crippen molar-refractivity contribution in [1.82, 2.24) is 10.2 Å². The smallest absolute Gasteiger partial charge is 0.351 e. The summed E-state index contributed by atoms with van der Waals surface area (Å²) in [5.41, 5.74) is -1.44. The maximum absolute atomic E-state index is 12.7. The third-order valence-corrected chi connectivity index (χ3v) is 3.91. The van der Waals surface area contributed by atoms with Gasteiger partial charge in [0.15, 0.2) is 5.78 Å². The molecule has 7 nitrogen and oxygen atoms in total. The molecule has 2 rings (SSSR count). The molecule has 1 aromatic carbocycles. The van der Waals surface area contributed by atoms with E-state index in [4.69, 9.17) is 0 Å². The molecule has 8 heteroatoms. The Balaban J connectivity index is 2.49. The first-order valence-electron chi connectivity index (χ1n) is 7.37. The van der Waals surface area contributed by atoms with Gasteiger partial charge in [0.05, 0.1) is 6.42 Å². The monoisotopic (exact) mass is 336 g/mol. The quantitative estimate of drug-likeness (QED) is 0.769. The molecule has 0 aliphatic carbocycles. The Kier molecular flexibility index (Phi) is 4.96. The number of hydrogen-bond acceptors (Lipinski definition) is 4. The minimum Gasteiger partial charge on any atom is -0.478 e. The van der Waals surface area contributed by atoms with Gasteiger partial charge in [-0.2, -0.15) is 0 Å². The first-order chi connectivity index (χ1) is 11.4. The number of carbonyl (C=O) groups is 4. The highest BCUT2D eigenvalue weighted by atomic mass is 19.1. The first-order valence-corrected chi connectivity index (χ1v) is 7.37. The summed E-state index contributed by atoms with van der Waals surface area (Å²) in [6, 6.07) is 6.50. The van der Waals surface area contributed by atoms with Crippen LogP contribution in [0.4, 0.5) is 4.39 Å². The van der Waals surface area contributed by atoms with E-state index in [1.54, 1.807) is 18.2 Å². The molecule has 0 bridgehead atoms. The van der Waals surface area contributed by atoms with Gasteiger partial charge in [0.1, 0.15) is 6.67 Å². The van der Waals surface area contributed by atoms with Gasteiger partial charge in [0.25, 0.3) is 5.91 Å². The number of Topliss-reactive ketones (excluding diaryl/α,β-unsaturated/α-hetero) is 1. The Morgan fingerprint density at radius 1 is 1.33 bits per heavy atom. The molecule has 0 aromatic heterocycles. The van der Waals surface area contributed by atoms with E-state index < -0.39 is 42.3 Å². The Morgan fingerprint density at radius 3 is 2.54 bits per heavy atom. The molecule has 0 spiro atoms. The number of alkyl halides is 1. The van der Waals surface area contributed by atoms with Crippen molar-refractivity contribution in [2.24, 2.45) is 0 Å². The number of halogens is 1. The van der Waals surface area contributed by atoms with Gasteiger partial charge < -0.3 is 15.3 Å². The van der Waals surface area contributed by atoms with E-state index >= 15 is 0 Å². The second kappa shape index (κ2) is 6.77. The van der Waals surface area contributed by atoms with Gasteiger partial charge in [0.2, 0.25) is 11.6 Å². The highest BCUT2D eigenvalue weighted by Crippen LogP contribution is 2.31. The van der Waals surface area contributed by atoms with Crippen LogP contribution < -0.4 is 5.32 Å². The molecule has 24 heavy (non-hydrogen) atoms. The van der Waals surface area contributed by atoms with Crippen LogP contribution in [-0.2, 0) is 20.9 Å². The minimum absolute atomic E-state index is 0.0478. The molecule has 1 aliphatic heterocycles. The Bertz CT molecular complexity index is 685. The van der Waals surface area contributed by atoms with Gasteiger partial charge in [-0.3, -0.25) is 14.4 Å². The van der Waals surface area contributed by atoms with E-state index in [9.17, 15) is 28.7 Å². The van der Waals surface area contributed by atoms with Crippen LogP contribution in [0.15, 0.2) is 24.3 Å². The second-order valence-corrected chi connectivity index (χ2v) is 5.46. The molecule has 0 radical (unpaired) electrons. The van der Waals surface area contributed by atoms with Gasteiger partial charge >= 0.3 is 5.97 Å². The molecule has 0 fully saturated rings. The topological polar surface area (TPSA) is 104 Å². The summed E-state index contributed by atoms with van der Waals surface area (Å²) in [5.74, 6) is -3.89. The van der Waals surface area contributed by atoms with Crippen molar-refractivity contribution in [2.75, 3.05) is 6.67 Å². The predicted octanol–water partition coefficient (Wildman–Crippen LogP) is 0.878. The summed E-state index contributed by atoms with van der Waals surface area (Å²) in [6.07, 6.45) is -0.891. The number of ketones is 1. The molecule has 1 aliphatic rings. The molecule has 1 heterocycles. The van der Waals surface area contributed by atoms with E-state index in [0.29, 0.717) is 11.1 Å². The minimum atomic E-state index is -2.31. The summed E-state index contributed by atoms with van der Waals surface area (Å²) < 4.78 is 12.7. The lowest BCUT2D eigenvalue weighted by atomic mass is 10.00. The van der Waals surface area contributed by atoms with Gasteiger partial charge in [-0.15, -0.1) is 0 Å². The summed E-state index contributed by atoms with van der Waals surface area (Å²) in [7, 11) is 0. The first kappa shape index (κ1) is 17.6. The van der Waals surface area contributed by atoms with Crippen LogP contribution in [0.25, 0.3) is 0 Å². The molecule has 1 atom stereocenters. The van der Waals surface area contributed by atoms with Crippen LogP contribution in [0.3, 0.4) is 0 Å². The largest absolute Gasteiger partial charge is 0.478 e. The molecule has 2 amide bonds. The molecule has 0 saturated carbocycles. The zero-order valence-corrected chi connectivity index (χ0v) is 13.0. The van der Waals surface area contributed by atoms with Crippen LogP contribution in [0.2, 0.25) is 0 Å². The maximum atomic E-state index is 12.7. The van der Waals surface area contributed by atoms with Crippen LogP contribution in [0, 0.1) is 0 Å². The van der Waals surface area contributed by atoms with Crippen molar-refractivity contribution >= 4 is 23.6 Å². The van der Waals surface area contributed by atoms with Crippen molar-refractivity contribution in [3.05, 3.63) is 35.4 Å². The zero-order chi connectivity index (χ0) is 17.9. The normalized spacial score (nSPS) is 15.6. The Labute approximate surface area is 137 Å². The van der Waals surface area contributed by atoms with E-state index in [0.717, 1.165) is 4.90 Å². The van der Waals surface area contributed by atoms with Crippen LogP contribution in [0.1, 0.15) is 35.7 Å². The van der Waals surface area contributed by atoms with Crippen LogP contribution >= 0.6 is 0 Å². The zero-order valence-electron chi connectivity index (χ0n) is 13.0. The number of benzene rings is 1. The number of carbonyl (C=O) groups excluding carboxylic acids is 3. The number of carboxylic acids is 1. The second-order valence-electron chi connectivity index (χ2n) is 5.46. The molecule has 2 N–H and O–H groups in total. The Morgan fingerprint density at radius 2 is 2.00 bits per heavy atom. The number of fused-ring (bicyclic) bond motifs is 1. The van der Waals surface area contributed by atoms with E-state index in [1.165, 1.54) is 13.0 Å². The maximum Gasteiger partial charge on any atom is 0.351 e. The van der Waals surface area contributed by atoms with Crippen molar-refractivity contribution in [3.63, 3.8) is 0 Å². The summed E-state index contributed by atoms with van der Waals surface area (Å²) in [4.78, 5) is 48.9. The molecule has 1 unspecified atom stereocenters. The average molecular weight is 336 g/mol. The highest BCUT2D eigenvalue weighted by Gasteiger charge is 2.52. The fraction of sp³-hybridized carbons (Fsp3) is 0.375. The van der Waals surface area contributed by atoms with E-state index in [1.807, 2.05) is 0 Å². The van der Waals surface area contributed by atoms with Gasteiger partial charge in [-0.05, 0) is 11.6 Å². The van der Waals surface area contributed by atoms with E-state index in [-0.39, 0.29) is 13.0 Å². The van der Waals surface area contributed by atoms with Crippen molar-refractivity contribution in [3.8, 4) is 0 Å². The van der Waals surface area contributed by atoms with Gasteiger partial charge in [-0.25, -0.2) is 9.18 Å². The highest BCUT2D eigenvalue weighted by molar-refractivity contribution is 6.03. The lowest BCUT2D eigenvalue weighted by Crippen LogP contribution is -2.66. The number of nitrogens with one attached hydrogen (secondary N) is 1. The van der Waals surface area contributed by atoms with Crippen LogP contribution in [-0.4, -0.2) is 45.9 Å². The van der Waals surface area contributed by atoms with Crippen molar-refractivity contribution in [1.29, 1.82) is 0 Å². The Hall–Kier alpha value is -2.77. The lowest BCUT2D eigenvalue weighted by Gasteiger charge is -2.38. The SMILES string of the molecule is CCC(=O)NC(CC(=O)CF)(C(=O)O)N1Cc2ccccc2C1=O. The number of aliphatic carboxylic acids is 1. The fourth-order valence-corrected chi connectivity index (χ4v) is 2.67. The molecule has 1 aromatic rings. The summed E-state index contributed by atoms with van der Waals surface area (Å²) in [6.45, 7) is 0.0241. The molecule has 128 valence electrons. The van der Waals surface area contributed by atoms with E-state index in [2.05, 4.69) is 5.32 Å². The average Bonchev–Trinajstić information content (AvgIpc) is 2.91. The van der Waals surface area contributed by atoms with Gasteiger partial charge in [0, 0.05) is 18.5 Å². The van der Waals surface area contributed by atoms with Crippen molar-refractivity contribution in [2.45, 2.75) is 32.0 Å². The van der Waals surface area contributed by atoms with Crippen LogP contribution in [0.5, 0.6) is 0 Å². The third kappa shape index (κ3) is 2.99. The van der Waals surface area contributed by atoms with Crippen molar-refractivity contribution < 1.29 is 28.7 Å². The number of carboxylic acid groups (broad SMARTS) is 1. The summed E-state index contributed by atoms with van der Waals surface area (Å²) in [5, 5.41) is 11.9. The molecule has 0 saturated heterocycles. The number of rotatable bonds is 7. The predicted molar refractivity (Wildman–Crippen MR) is 80.7 cm³/mol. The summed E-state index contributed by atoms with van der Waals surface area (Å²) >= 11 is 0. The lowest BCUT2D eigenvalue weighted by molar-refractivity contribution is -0.158. The third-order valence-electron chi connectivity index (χ3n) is 3.91. The fourth-order valence-electron chi connectivity index (χ4n) is 2.67. The molecular weight excluding hydrogens is 319 g/mol. The number of nitrogens with zero attached hydrogens (tertiary/aromatic N) is 1. The van der Waals surface area contributed by atoms with Gasteiger partial charge in [-0.1, -0.05) is 25.1 Å². The molecular formula is C16H17FN2O5. The number of amides is 2. The standard InChI is InChI=1S/C16H17FN2O5/c1-2-13(21)18-16(15(23)24,7-11(20)8-17)19-9-10-5-3-4-6-12(10)14(19)22/h3-6H,2,7-9H2,1H3,(H,18,21)(H,23,24). The number of hydrogen-bond donors (Lipinski definition) is 2.